The van der Waals surface area contributed by atoms with E-state index in [0.717, 1.165) is 22.3 Å². The maximum atomic E-state index is 11.9. The predicted molar refractivity (Wildman–Crippen MR) is 87.6 cm³/mol. The van der Waals surface area contributed by atoms with Gasteiger partial charge in [-0.2, -0.15) is 0 Å². The lowest BCUT2D eigenvalue weighted by molar-refractivity contribution is -0.136. The highest BCUT2D eigenvalue weighted by molar-refractivity contribution is 6.39. The highest BCUT2D eigenvalue weighted by Gasteiger charge is 2.13. The van der Waals surface area contributed by atoms with Crippen LogP contribution in [0.3, 0.4) is 0 Å². The molecular weight excluding hydrogens is 276 g/mol. The van der Waals surface area contributed by atoms with Gasteiger partial charge < -0.3 is 10.6 Å². The van der Waals surface area contributed by atoms with Crippen LogP contribution >= 0.6 is 0 Å². The first kappa shape index (κ1) is 15.8. The third kappa shape index (κ3) is 4.19. The average Bonchev–Trinajstić information content (AvgIpc) is 2.45. The number of hydrogen-bond donors (Lipinski definition) is 2. The van der Waals surface area contributed by atoms with E-state index < -0.39 is 11.8 Å². The molecule has 2 amide bonds. The Balaban J connectivity index is 1.95. The molecule has 0 atom stereocenters. The van der Waals surface area contributed by atoms with Gasteiger partial charge in [0.05, 0.1) is 0 Å². The van der Waals surface area contributed by atoms with E-state index in [4.69, 9.17) is 0 Å². The number of anilines is 1. The fraction of sp³-hybridized carbons (Fsp3) is 0.222. The maximum absolute atomic E-state index is 11.9. The number of nitrogens with one attached hydrogen (secondary N) is 2. The summed E-state index contributed by atoms with van der Waals surface area (Å²) in [4.78, 5) is 23.8. The summed E-state index contributed by atoms with van der Waals surface area (Å²) in [6, 6.07) is 13.4. The van der Waals surface area contributed by atoms with Gasteiger partial charge in [0, 0.05) is 12.2 Å². The molecule has 0 fully saturated rings. The average molecular weight is 296 g/mol. The van der Waals surface area contributed by atoms with Crippen molar-refractivity contribution in [1.29, 1.82) is 0 Å². The van der Waals surface area contributed by atoms with Crippen LogP contribution in [0.5, 0.6) is 0 Å². The maximum Gasteiger partial charge on any atom is 0.313 e. The Morgan fingerprint density at radius 3 is 2.18 bits per heavy atom. The fourth-order valence-corrected chi connectivity index (χ4v) is 2.30. The van der Waals surface area contributed by atoms with Gasteiger partial charge in [-0.15, -0.1) is 0 Å². The van der Waals surface area contributed by atoms with Crippen molar-refractivity contribution >= 4 is 17.5 Å². The first-order chi connectivity index (χ1) is 10.5. The van der Waals surface area contributed by atoms with E-state index in [9.17, 15) is 9.59 Å². The van der Waals surface area contributed by atoms with Crippen LogP contribution in [-0.2, 0) is 16.1 Å². The molecule has 0 aliphatic carbocycles. The molecule has 22 heavy (non-hydrogen) atoms. The minimum atomic E-state index is -0.654. The lowest BCUT2D eigenvalue weighted by atomic mass is 10.1. The predicted octanol–water partition coefficient (Wildman–Crippen LogP) is 2.87. The zero-order chi connectivity index (χ0) is 16.1. The molecule has 2 aromatic rings. The number of hydrogen-bond acceptors (Lipinski definition) is 2. The van der Waals surface area contributed by atoms with Gasteiger partial charge in [-0.3, -0.25) is 9.59 Å². The number of aryl methyl sites for hydroxylation is 3. The zero-order valence-corrected chi connectivity index (χ0v) is 13.1. The van der Waals surface area contributed by atoms with E-state index in [-0.39, 0.29) is 0 Å². The molecule has 0 spiro atoms. The van der Waals surface area contributed by atoms with Crippen molar-refractivity contribution in [2.75, 3.05) is 5.32 Å². The third-order valence-electron chi connectivity index (χ3n) is 3.39. The summed E-state index contributed by atoms with van der Waals surface area (Å²) in [5, 5.41) is 5.26. The van der Waals surface area contributed by atoms with Crippen LogP contribution in [0.15, 0.2) is 42.5 Å². The summed E-state index contributed by atoms with van der Waals surface area (Å²) in [5.41, 5.74) is 4.78. The number of benzene rings is 2. The van der Waals surface area contributed by atoms with Crippen LogP contribution in [0.1, 0.15) is 22.3 Å². The Labute approximate surface area is 130 Å². The quantitative estimate of drug-likeness (QED) is 0.856. The Morgan fingerprint density at radius 1 is 0.909 bits per heavy atom. The van der Waals surface area contributed by atoms with Gasteiger partial charge in [0.25, 0.3) is 0 Å². The normalized spacial score (nSPS) is 10.1. The van der Waals surface area contributed by atoms with Crippen molar-refractivity contribution in [1.82, 2.24) is 5.32 Å². The first-order valence-corrected chi connectivity index (χ1v) is 7.17. The smallest absolute Gasteiger partial charge is 0.313 e. The minimum absolute atomic E-state index is 0.339. The molecule has 0 saturated carbocycles. The highest BCUT2D eigenvalue weighted by atomic mass is 16.2. The second kappa shape index (κ2) is 6.89. The lowest BCUT2D eigenvalue weighted by Gasteiger charge is -2.09. The SMILES string of the molecule is Cc1cc(C)cc(NC(=O)C(=O)NCc2ccccc2C)c1. The van der Waals surface area contributed by atoms with Crippen LogP contribution < -0.4 is 10.6 Å². The molecule has 0 bridgehead atoms. The molecule has 0 heterocycles. The molecule has 2 aromatic carbocycles. The fourth-order valence-electron chi connectivity index (χ4n) is 2.30. The zero-order valence-electron chi connectivity index (χ0n) is 13.1. The van der Waals surface area contributed by atoms with Crippen molar-refractivity contribution in [3.63, 3.8) is 0 Å². The van der Waals surface area contributed by atoms with Gasteiger partial charge >= 0.3 is 11.8 Å². The molecule has 0 saturated heterocycles. The first-order valence-electron chi connectivity index (χ1n) is 7.17. The number of amides is 2. The molecule has 0 aliphatic rings. The lowest BCUT2D eigenvalue weighted by Crippen LogP contribution is -2.35. The van der Waals surface area contributed by atoms with Crippen molar-refractivity contribution in [2.45, 2.75) is 27.3 Å². The van der Waals surface area contributed by atoms with Crippen molar-refractivity contribution in [3.05, 3.63) is 64.7 Å². The van der Waals surface area contributed by atoms with Gasteiger partial charge in [0.1, 0.15) is 0 Å². The van der Waals surface area contributed by atoms with Crippen molar-refractivity contribution in [3.8, 4) is 0 Å². The van der Waals surface area contributed by atoms with Crippen LogP contribution in [0.4, 0.5) is 5.69 Å². The Kier molecular flexibility index (Phi) is 4.94. The van der Waals surface area contributed by atoms with Gasteiger partial charge in [0.15, 0.2) is 0 Å². The summed E-state index contributed by atoms with van der Waals surface area (Å²) in [5.74, 6) is -1.29. The molecule has 0 aromatic heterocycles. The van der Waals surface area contributed by atoms with Gasteiger partial charge in [-0.1, -0.05) is 30.3 Å². The highest BCUT2D eigenvalue weighted by Crippen LogP contribution is 2.13. The van der Waals surface area contributed by atoms with Gasteiger partial charge in [0.2, 0.25) is 0 Å². The molecule has 114 valence electrons. The Bertz CT molecular complexity index is 688. The molecule has 4 heteroatoms. The van der Waals surface area contributed by atoms with E-state index in [1.165, 1.54) is 0 Å². The Morgan fingerprint density at radius 2 is 1.55 bits per heavy atom. The standard InChI is InChI=1S/C18H20N2O2/c1-12-8-13(2)10-16(9-12)20-18(22)17(21)19-11-15-7-5-4-6-14(15)3/h4-10H,11H2,1-3H3,(H,19,21)(H,20,22). The van der Waals surface area contributed by atoms with Crippen LogP contribution in [0.25, 0.3) is 0 Å². The summed E-state index contributed by atoms with van der Waals surface area (Å²) in [7, 11) is 0. The molecule has 4 nitrogen and oxygen atoms in total. The van der Waals surface area contributed by atoms with E-state index in [0.29, 0.717) is 12.2 Å². The second-order valence-corrected chi connectivity index (χ2v) is 5.44. The molecular formula is C18H20N2O2. The van der Waals surface area contributed by atoms with E-state index in [1.54, 1.807) is 0 Å². The summed E-state index contributed by atoms with van der Waals surface area (Å²) in [6.07, 6.45) is 0. The summed E-state index contributed by atoms with van der Waals surface area (Å²) in [6.45, 7) is 6.20. The molecule has 0 radical (unpaired) electrons. The molecule has 0 unspecified atom stereocenters. The van der Waals surface area contributed by atoms with E-state index in [1.807, 2.05) is 63.2 Å². The van der Waals surface area contributed by atoms with Crippen LogP contribution in [0.2, 0.25) is 0 Å². The summed E-state index contributed by atoms with van der Waals surface area (Å²) < 4.78 is 0. The summed E-state index contributed by atoms with van der Waals surface area (Å²) >= 11 is 0. The second-order valence-electron chi connectivity index (χ2n) is 5.44. The molecule has 0 aliphatic heterocycles. The number of carbonyl (C=O) groups is 2. The topological polar surface area (TPSA) is 58.2 Å². The minimum Gasteiger partial charge on any atom is -0.344 e. The van der Waals surface area contributed by atoms with Crippen molar-refractivity contribution in [2.24, 2.45) is 0 Å². The number of rotatable bonds is 3. The van der Waals surface area contributed by atoms with Crippen molar-refractivity contribution < 1.29 is 9.59 Å². The van der Waals surface area contributed by atoms with E-state index in [2.05, 4.69) is 10.6 Å². The molecule has 2 N–H and O–H groups in total. The molecule has 2 rings (SSSR count). The Hall–Kier alpha value is -2.62. The monoisotopic (exact) mass is 296 g/mol. The van der Waals surface area contributed by atoms with Gasteiger partial charge in [-0.05, 0) is 55.2 Å². The number of carbonyl (C=O) groups excluding carboxylic acids is 2. The largest absolute Gasteiger partial charge is 0.344 e. The van der Waals surface area contributed by atoms with E-state index >= 15 is 0 Å². The third-order valence-corrected chi connectivity index (χ3v) is 3.39. The van der Waals surface area contributed by atoms with Gasteiger partial charge in [-0.25, -0.2) is 0 Å². The van der Waals surface area contributed by atoms with Crippen LogP contribution in [0, 0.1) is 20.8 Å². The van der Waals surface area contributed by atoms with Crippen LogP contribution in [-0.4, -0.2) is 11.8 Å².